The minimum absolute atomic E-state index is 0.0797. The number of carbonyl (C=O) groups excluding carboxylic acids is 1. The number of benzene rings is 4. The molecule has 0 spiro atoms. The summed E-state index contributed by atoms with van der Waals surface area (Å²) in [5.74, 6) is 2.38. The molecule has 0 aromatic heterocycles. The highest BCUT2D eigenvalue weighted by Gasteiger charge is 2.17. The molecular formula is C32H32BrNO5. The van der Waals surface area contributed by atoms with E-state index >= 15 is 0 Å². The van der Waals surface area contributed by atoms with Crippen LogP contribution in [0.25, 0.3) is 0 Å². The summed E-state index contributed by atoms with van der Waals surface area (Å²) in [7, 11) is 3.21. The van der Waals surface area contributed by atoms with Crippen LogP contribution in [0.1, 0.15) is 22.3 Å². The number of hydrogen-bond donors (Lipinski definition) is 1. The van der Waals surface area contributed by atoms with Crippen molar-refractivity contribution in [2.45, 2.75) is 26.1 Å². The Hall–Kier alpha value is -3.97. The minimum Gasteiger partial charge on any atom is -0.493 e. The molecular weight excluding hydrogens is 558 g/mol. The van der Waals surface area contributed by atoms with Crippen molar-refractivity contribution in [1.29, 1.82) is 0 Å². The predicted octanol–water partition coefficient (Wildman–Crippen LogP) is 6.53. The molecule has 1 amide bonds. The van der Waals surface area contributed by atoms with Gasteiger partial charge in [-0.3, -0.25) is 4.79 Å². The second-order valence-corrected chi connectivity index (χ2v) is 9.72. The van der Waals surface area contributed by atoms with Gasteiger partial charge in [0.1, 0.15) is 19.0 Å². The number of carbonyl (C=O) groups is 1. The molecule has 0 saturated carbocycles. The highest BCUT2D eigenvalue weighted by molar-refractivity contribution is 9.10. The van der Waals surface area contributed by atoms with E-state index in [-0.39, 0.29) is 12.3 Å². The first-order chi connectivity index (χ1) is 19.1. The fourth-order valence-electron chi connectivity index (χ4n) is 4.12. The fraction of sp³-hybridized carbons (Fsp3) is 0.219. The lowest BCUT2D eigenvalue weighted by molar-refractivity contribution is -0.120. The van der Waals surface area contributed by atoms with Gasteiger partial charge in [0.05, 0.1) is 20.6 Å². The van der Waals surface area contributed by atoms with Crippen LogP contribution in [-0.4, -0.2) is 26.7 Å². The number of amides is 1. The molecule has 0 saturated heterocycles. The van der Waals surface area contributed by atoms with Crippen LogP contribution < -0.4 is 24.3 Å². The summed E-state index contributed by atoms with van der Waals surface area (Å²) < 4.78 is 24.1. The smallest absolute Gasteiger partial charge is 0.224 e. The summed E-state index contributed by atoms with van der Waals surface area (Å²) in [5, 5.41) is 3.01. The molecule has 202 valence electrons. The zero-order chi connectivity index (χ0) is 27.5. The largest absolute Gasteiger partial charge is 0.493 e. The maximum atomic E-state index is 12.8. The Morgan fingerprint density at radius 3 is 2.05 bits per heavy atom. The summed E-state index contributed by atoms with van der Waals surface area (Å²) in [6.07, 6.45) is 0.802. The van der Waals surface area contributed by atoms with Crippen LogP contribution in [0, 0.1) is 0 Å². The third kappa shape index (κ3) is 8.01. The predicted molar refractivity (Wildman–Crippen MR) is 156 cm³/mol. The van der Waals surface area contributed by atoms with E-state index in [4.69, 9.17) is 18.9 Å². The third-order valence-corrected chi connectivity index (χ3v) is 6.91. The van der Waals surface area contributed by atoms with E-state index in [1.807, 2.05) is 91.0 Å². The number of rotatable bonds is 13. The topological polar surface area (TPSA) is 66.0 Å². The monoisotopic (exact) mass is 589 g/mol. The van der Waals surface area contributed by atoms with Crippen molar-refractivity contribution < 1.29 is 23.7 Å². The molecule has 4 aromatic rings. The van der Waals surface area contributed by atoms with Gasteiger partial charge in [-0.1, -0.05) is 82.7 Å². The molecule has 1 N–H and O–H groups in total. The van der Waals surface area contributed by atoms with E-state index in [1.165, 1.54) is 0 Å². The SMILES string of the molecule is COc1ccc(CCNC(=O)Cc2cc(OCc3ccccc3)ccc2Br)c(OC)c1OCc1ccccc1. The maximum absolute atomic E-state index is 12.8. The maximum Gasteiger partial charge on any atom is 0.224 e. The van der Waals surface area contributed by atoms with E-state index < -0.39 is 0 Å². The zero-order valence-electron chi connectivity index (χ0n) is 22.1. The van der Waals surface area contributed by atoms with Crippen LogP contribution in [0.2, 0.25) is 0 Å². The lowest BCUT2D eigenvalue weighted by Crippen LogP contribution is -2.27. The first-order valence-corrected chi connectivity index (χ1v) is 13.5. The Morgan fingerprint density at radius 2 is 1.41 bits per heavy atom. The van der Waals surface area contributed by atoms with Crippen LogP contribution in [0.4, 0.5) is 0 Å². The Labute approximate surface area is 238 Å². The molecule has 0 aliphatic rings. The molecule has 7 heteroatoms. The second kappa shape index (κ2) is 14.3. The van der Waals surface area contributed by atoms with Gasteiger partial charge in [0.15, 0.2) is 11.5 Å². The van der Waals surface area contributed by atoms with Crippen molar-refractivity contribution in [3.8, 4) is 23.0 Å². The van der Waals surface area contributed by atoms with Gasteiger partial charge in [-0.25, -0.2) is 0 Å². The lowest BCUT2D eigenvalue weighted by Gasteiger charge is -2.18. The molecule has 0 bridgehead atoms. The normalized spacial score (nSPS) is 10.5. The standard InChI is InChI=1S/C32H32BrNO5/c1-36-29-16-13-25(31(37-2)32(29)39-22-24-11-7-4-8-12-24)17-18-34-30(35)20-26-19-27(14-15-28(26)33)38-21-23-9-5-3-6-10-23/h3-16,19H,17-18,20-22H2,1-2H3,(H,34,35). The van der Waals surface area contributed by atoms with Gasteiger partial charge < -0.3 is 24.3 Å². The van der Waals surface area contributed by atoms with E-state index in [1.54, 1.807) is 14.2 Å². The molecule has 39 heavy (non-hydrogen) atoms. The van der Waals surface area contributed by atoms with Crippen LogP contribution in [0.3, 0.4) is 0 Å². The molecule has 0 heterocycles. The number of halogens is 1. The second-order valence-electron chi connectivity index (χ2n) is 8.87. The van der Waals surface area contributed by atoms with Gasteiger partial charge in [0.25, 0.3) is 0 Å². The van der Waals surface area contributed by atoms with Crippen molar-refractivity contribution in [2.75, 3.05) is 20.8 Å². The van der Waals surface area contributed by atoms with Crippen LogP contribution in [-0.2, 0) is 30.8 Å². The molecule has 0 atom stereocenters. The fourth-order valence-corrected chi connectivity index (χ4v) is 4.51. The van der Waals surface area contributed by atoms with Crippen molar-refractivity contribution >= 4 is 21.8 Å². The average Bonchev–Trinajstić information content (AvgIpc) is 2.97. The van der Waals surface area contributed by atoms with Gasteiger partial charge in [0, 0.05) is 16.6 Å². The average molecular weight is 591 g/mol. The minimum atomic E-state index is -0.0797. The summed E-state index contributed by atoms with van der Waals surface area (Å²) in [6.45, 7) is 1.30. The van der Waals surface area contributed by atoms with E-state index in [0.717, 1.165) is 32.5 Å². The highest BCUT2D eigenvalue weighted by atomic mass is 79.9. The van der Waals surface area contributed by atoms with Crippen molar-refractivity contribution in [3.63, 3.8) is 0 Å². The van der Waals surface area contributed by atoms with Crippen molar-refractivity contribution in [1.82, 2.24) is 5.32 Å². The number of hydrogen-bond acceptors (Lipinski definition) is 5. The molecule has 0 unspecified atom stereocenters. The first-order valence-electron chi connectivity index (χ1n) is 12.7. The van der Waals surface area contributed by atoms with Gasteiger partial charge >= 0.3 is 0 Å². The Kier molecular flexibility index (Phi) is 10.3. The van der Waals surface area contributed by atoms with Crippen molar-refractivity contribution in [3.05, 3.63) is 118 Å². The Balaban J connectivity index is 1.34. The van der Waals surface area contributed by atoms with Crippen LogP contribution in [0.5, 0.6) is 23.0 Å². The van der Waals surface area contributed by atoms with Gasteiger partial charge in [0.2, 0.25) is 11.7 Å². The molecule has 4 rings (SSSR count). The van der Waals surface area contributed by atoms with E-state index in [2.05, 4.69) is 21.2 Å². The lowest BCUT2D eigenvalue weighted by atomic mass is 10.1. The van der Waals surface area contributed by atoms with E-state index in [9.17, 15) is 4.79 Å². The molecule has 0 aliphatic heterocycles. The number of methoxy groups -OCH3 is 2. The zero-order valence-corrected chi connectivity index (χ0v) is 23.7. The van der Waals surface area contributed by atoms with Gasteiger partial charge in [-0.05, 0) is 47.4 Å². The third-order valence-electron chi connectivity index (χ3n) is 6.14. The van der Waals surface area contributed by atoms with Crippen LogP contribution in [0.15, 0.2) is 95.5 Å². The van der Waals surface area contributed by atoms with Crippen molar-refractivity contribution in [2.24, 2.45) is 0 Å². The number of nitrogens with one attached hydrogen (secondary N) is 1. The summed E-state index contributed by atoms with van der Waals surface area (Å²) >= 11 is 3.55. The molecule has 0 radical (unpaired) electrons. The quantitative estimate of drug-likeness (QED) is 0.192. The highest BCUT2D eigenvalue weighted by Crippen LogP contribution is 2.40. The molecule has 4 aromatic carbocycles. The van der Waals surface area contributed by atoms with Gasteiger partial charge in [-0.15, -0.1) is 0 Å². The molecule has 0 aliphatic carbocycles. The Bertz CT molecular complexity index is 1360. The van der Waals surface area contributed by atoms with Gasteiger partial charge in [-0.2, -0.15) is 0 Å². The first kappa shape index (κ1) is 28.0. The van der Waals surface area contributed by atoms with E-state index in [0.29, 0.717) is 43.4 Å². The summed E-state index contributed by atoms with van der Waals surface area (Å²) in [6, 6.07) is 29.4. The summed E-state index contributed by atoms with van der Waals surface area (Å²) in [5.41, 5.74) is 3.90. The molecule has 6 nitrogen and oxygen atoms in total. The Morgan fingerprint density at radius 1 is 0.744 bits per heavy atom. The molecule has 0 fully saturated rings. The summed E-state index contributed by atoms with van der Waals surface area (Å²) in [4.78, 5) is 12.8. The number of ether oxygens (including phenoxy) is 4. The van der Waals surface area contributed by atoms with Crippen LogP contribution >= 0.6 is 15.9 Å².